The van der Waals surface area contributed by atoms with Gasteiger partial charge in [0.05, 0.1) is 12.0 Å². The first kappa shape index (κ1) is 17.9. The van der Waals surface area contributed by atoms with E-state index in [4.69, 9.17) is 4.74 Å². The van der Waals surface area contributed by atoms with Crippen LogP contribution in [-0.4, -0.2) is 53.9 Å². The summed E-state index contributed by atoms with van der Waals surface area (Å²) in [4.78, 5) is 26.9. The lowest BCUT2D eigenvalue weighted by atomic mass is 10.1. The molecule has 26 heavy (non-hydrogen) atoms. The molecule has 0 aliphatic carbocycles. The summed E-state index contributed by atoms with van der Waals surface area (Å²) in [6.45, 7) is 3.67. The molecular weight excluding hydrogens is 334 g/mol. The number of nitrogens with zero attached hydrogens (tertiary/aromatic N) is 3. The minimum Gasteiger partial charge on any atom is -0.497 e. The number of rotatable bonds is 5. The van der Waals surface area contributed by atoms with Crippen LogP contribution in [-0.2, 0) is 6.54 Å². The van der Waals surface area contributed by atoms with E-state index in [-0.39, 0.29) is 11.6 Å². The molecule has 1 fully saturated rings. The molecule has 7 heteroatoms. The van der Waals surface area contributed by atoms with Crippen molar-refractivity contribution >= 4 is 11.6 Å². The van der Waals surface area contributed by atoms with Crippen LogP contribution in [0.25, 0.3) is 0 Å². The molecule has 0 aromatic heterocycles. The number of hydrogen-bond donors (Lipinski definition) is 0. The van der Waals surface area contributed by atoms with Gasteiger partial charge in [-0.05, 0) is 29.8 Å². The first-order valence-corrected chi connectivity index (χ1v) is 8.46. The third kappa shape index (κ3) is 4.18. The SMILES string of the molecule is COc1cccc(CN2CCN(C(=O)c3ccc([N+](=O)[O-])cc3)CC2)c1. The third-order valence-corrected chi connectivity index (χ3v) is 4.52. The molecule has 0 atom stereocenters. The molecule has 1 amide bonds. The minimum absolute atomic E-state index is 0.00958. The molecule has 1 aliphatic rings. The number of carbonyl (C=O) groups is 1. The largest absolute Gasteiger partial charge is 0.497 e. The van der Waals surface area contributed by atoms with Gasteiger partial charge in [0.15, 0.2) is 0 Å². The van der Waals surface area contributed by atoms with Crippen molar-refractivity contribution in [1.82, 2.24) is 9.80 Å². The first-order chi connectivity index (χ1) is 12.6. The van der Waals surface area contributed by atoms with Gasteiger partial charge in [0.1, 0.15) is 5.75 Å². The van der Waals surface area contributed by atoms with Crippen LogP contribution in [0.5, 0.6) is 5.75 Å². The van der Waals surface area contributed by atoms with Crippen molar-refractivity contribution in [3.63, 3.8) is 0 Å². The molecule has 2 aromatic carbocycles. The Labute approximate surface area is 151 Å². The van der Waals surface area contributed by atoms with Gasteiger partial charge in [-0.25, -0.2) is 0 Å². The highest BCUT2D eigenvalue weighted by atomic mass is 16.6. The molecule has 0 unspecified atom stereocenters. The Balaban J connectivity index is 1.55. The van der Waals surface area contributed by atoms with E-state index < -0.39 is 4.92 Å². The summed E-state index contributed by atoms with van der Waals surface area (Å²) in [7, 11) is 1.65. The second-order valence-electron chi connectivity index (χ2n) is 6.22. The average molecular weight is 355 g/mol. The summed E-state index contributed by atoms with van der Waals surface area (Å²) in [6, 6.07) is 13.8. The molecule has 0 radical (unpaired) electrons. The number of non-ortho nitro benzene ring substituents is 1. The summed E-state index contributed by atoms with van der Waals surface area (Å²) in [5, 5.41) is 10.7. The second-order valence-corrected chi connectivity index (χ2v) is 6.22. The Morgan fingerprint density at radius 3 is 2.42 bits per heavy atom. The summed E-state index contributed by atoms with van der Waals surface area (Å²) < 4.78 is 5.25. The van der Waals surface area contributed by atoms with Crippen LogP contribution in [0.1, 0.15) is 15.9 Å². The van der Waals surface area contributed by atoms with Gasteiger partial charge in [0.2, 0.25) is 0 Å². The Morgan fingerprint density at radius 1 is 1.12 bits per heavy atom. The summed E-state index contributed by atoms with van der Waals surface area (Å²) >= 11 is 0. The number of amides is 1. The molecule has 7 nitrogen and oxygen atoms in total. The van der Waals surface area contributed by atoms with Crippen LogP contribution < -0.4 is 4.74 Å². The van der Waals surface area contributed by atoms with E-state index in [1.54, 1.807) is 12.0 Å². The van der Waals surface area contributed by atoms with Crippen molar-refractivity contribution in [2.45, 2.75) is 6.54 Å². The lowest BCUT2D eigenvalue weighted by Gasteiger charge is -2.34. The van der Waals surface area contributed by atoms with Gasteiger partial charge in [0.25, 0.3) is 11.6 Å². The van der Waals surface area contributed by atoms with Crippen LogP contribution in [0, 0.1) is 10.1 Å². The van der Waals surface area contributed by atoms with Crippen LogP contribution in [0.4, 0.5) is 5.69 Å². The first-order valence-electron chi connectivity index (χ1n) is 8.46. The van der Waals surface area contributed by atoms with E-state index in [1.807, 2.05) is 18.2 Å². The quantitative estimate of drug-likeness (QED) is 0.609. The fourth-order valence-corrected chi connectivity index (χ4v) is 3.05. The monoisotopic (exact) mass is 355 g/mol. The topological polar surface area (TPSA) is 75.9 Å². The molecule has 0 saturated carbocycles. The molecule has 1 aliphatic heterocycles. The van der Waals surface area contributed by atoms with E-state index in [1.165, 1.54) is 29.8 Å². The number of benzene rings is 2. The smallest absolute Gasteiger partial charge is 0.269 e. The molecule has 136 valence electrons. The van der Waals surface area contributed by atoms with E-state index in [9.17, 15) is 14.9 Å². The lowest BCUT2D eigenvalue weighted by Crippen LogP contribution is -2.48. The minimum atomic E-state index is -0.467. The van der Waals surface area contributed by atoms with E-state index in [2.05, 4.69) is 11.0 Å². The fourth-order valence-electron chi connectivity index (χ4n) is 3.05. The standard InChI is InChI=1S/C19H21N3O4/c1-26-18-4-2-3-15(13-18)14-20-9-11-21(12-10-20)19(23)16-5-7-17(8-6-16)22(24)25/h2-8,13H,9-12,14H2,1H3. The van der Waals surface area contributed by atoms with Crippen molar-refractivity contribution in [2.24, 2.45) is 0 Å². The number of nitro benzene ring substituents is 1. The van der Waals surface area contributed by atoms with Crippen molar-refractivity contribution in [2.75, 3.05) is 33.3 Å². The summed E-state index contributed by atoms with van der Waals surface area (Å²) in [5.41, 5.74) is 1.65. The summed E-state index contributed by atoms with van der Waals surface area (Å²) in [5.74, 6) is 0.760. The highest BCUT2D eigenvalue weighted by Crippen LogP contribution is 2.17. The van der Waals surface area contributed by atoms with Gasteiger partial charge in [-0.15, -0.1) is 0 Å². The highest BCUT2D eigenvalue weighted by molar-refractivity contribution is 5.94. The fraction of sp³-hybridized carbons (Fsp3) is 0.316. The van der Waals surface area contributed by atoms with Gasteiger partial charge in [-0.2, -0.15) is 0 Å². The normalized spacial score (nSPS) is 14.9. The predicted molar refractivity (Wildman–Crippen MR) is 97.3 cm³/mol. The maximum absolute atomic E-state index is 12.6. The number of methoxy groups -OCH3 is 1. The maximum atomic E-state index is 12.6. The second kappa shape index (κ2) is 7.97. The third-order valence-electron chi connectivity index (χ3n) is 4.52. The molecule has 3 rings (SSSR count). The Morgan fingerprint density at radius 2 is 1.81 bits per heavy atom. The van der Waals surface area contributed by atoms with Crippen molar-refractivity contribution in [3.8, 4) is 5.75 Å². The average Bonchev–Trinajstić information content (AvgIpc) is 2.68. The zero-order valence-electron chi connectivity index (χ0n) is 14.6. The lowest BCUT2D eigenvalue weighted by molar-refractivity contribution is -0.384. The Kier molecular flexibility index (Phi) is 5.48. The number of ether oxygens (including phenoxy) is 1. The van der Waals surface area contributed by atoms with Crippen molar-refractivity contribution in [1.29, 1.82) is 0 Å². The van der Waals surface area contributed by atoms with Crippen LogP contribution in [0.2, 0.25) is 0 Å². The number of piperazine rings is 1. The van der Waals surface area contributed by atoms with Crippen molar-refractivity contribution in [3.05, 3.63) is 69.8 Å². The van der Waals surface area contributed by atoms with E-state index >= 15 is 0 Å². The van der Waals surface area contributed by atoms with Crippen LogP contribution >= 0.6 is 0 Å². The van der Waals surface area contributed by atoms with Gasteiger partial charge in [-0.1, -0.05) is 12.1 Å². The molecular formula is C19H21N3O4. The number of nitro groups is 1. The Bertz CT molecular complexity index is 784. The van der Waals surface area contributed by atoms with Crippen molar-refractivity contribution < 1.29 is 14.5 Å². The summed E-state index contributed by atoms with van der Waals surface area (Å²) in [6.07, 6.45) is 0. The Hall–Kier alpha value is -2.93. The van der Waals surface area contributed by atoms with E-state index in [0.717, 1.165) is 25.4 Å². The maximum Gasteiger partial charge on any atom is 0.269 e. The van der Waals surface area contributed by atoms with Gasteiger partial charge in [0, 0.05) is 50.4 Å². The highest BCUT2D eigenvalue weighted by Gasteiger charge is 2.22. The molecule has 1 saturated heterocycles. The van der Waals surface area contributed by atoms with Crippen LogP contribution in [0.15, 0.2) is 48.5 Å². The molecule has 0 N–H and O–H groups in total. The molecule has 2 aromatic rings. The van der Waals surface area contributed by atoms with Gasteiger partial charge < -0.3 is 9.64 Å². The molecule has 1 heterocycles. The number of carbonyl (C=O) groups excluding carboxylic acids is 1. The molecule has 0 spiro atoms. The predicted octanol–water partition coefficient (Wildman–Crippen LogP) is 2.56. The zero-order chi connectivity index (χ0) is 18.5. The zero-order valence-corrected chi connectivity index (χ0v) is 14.6. The van der Waals surface area contributed by atoms with Gasteiger partial charge in [-0.3, -0.25) is 19.8 Å². The number of hydrogen-bond acceptors (Lipinski definition) is 5. The van der Waals surface area contributed by atoms with Gasteiger partial charge >= 0.3 is 0 Å². The molecule has 0 bridgehead atoms. The van der Waals surface area contributed by atoms with Crippen LogP contribution in [0.3, 0.4) is 0 Å². The van der Waals surface area contributed by atoms with E-state index in [0.29, 0.717) is 18.7 Å².